The standard InChI is InChI=1S/C26H26ClF2N3O6/c1-32(23(33)11-9-16-5-4-8-20(29)25(16)27)19(10-12-24(34)36-2)15-37-26(35)30-22-14-21(31-38-22)17-6-3-7-18(28)13-17/h3-8,13-14,19H,9-12,15H2,1-2H3,(H,30,35)/t19-/m0/s1. The van der Waals surface area contributed by atoms with E-state index >= 15 is 0 Å². The monoisotopic (exact) mass is 549 g/mol. The van der Waals surface area contributed by atoms with Crippen molar-refractivity contribution >= 4 is 35.5 Å². The smallest absolute Gasteiger partial charge is 0.414 e. The van der Waals surface area contributed by atoms with Crippen LogP contribution >= 0.6 is 11.6 Å². The number of benzene rings is 2. The zero-order valence-electron chi connectivity index (χ0n) is 20.7. The van der Waals surface area contributed by atoms with Gasteiger partial charge >= 0.3 is 12.1 Å². The van der Waals surface area contributed by atoms with E-state index in [4.69, 9.17) is 20.9 Å². The normalized spacial score (nSPS) is 11.5. The lowest BCUT2D eigenvalue weighted by Gasteiger charge is -2.28. The van der Waals surface area contributed by atoms with Crippen molar-refractivity contribution in [3.63, 3.8) is 0 Å². The zero-order chi connectivity index (χ0) is 27.7. The number of carbonyl (C=O) groups is 3. The molecule has 1 heterocycles. The van der Waals surface area contributed by atoms with Crippen LogP contribution in [0.3, 0.4) is 0 Å². The first kappa shape index (κ1) is 28.6. The quantitative estimate of drug-likeness (QED) is 0.326. The summed E-state index contributed by atoms with van der Waals surface area (Å²) >= 11 is 5.97. The van der Waals surface area contributed by atoms with Crippen molar-refractivity contribution in [1.29, 1.82) is 0 Å². The Morgan fingerprint density at radius 1 is 1.13 bits per heavy atom. The molecule has 2 aromatic carbocycles. The summed E-state index contributed by atoms with van der Waals surface area (Å²) in [7, 11) is 2.76. The molecule has 0 aliphatic heterocycles. The molecule has 1 aromatic heterocycles. The minimum atomic E-state index is -0.887. The summed E-state index contributed by atoms with van der Waals surface area (Å²) in [6.45, 7) is -0.239. The van der Waals surface area contributed by atoms with Crippen LogP contribution in [-0.4, -0.2) is 54.8 Å². The van der Waals surface area contributed by atoms with Crippen molar-refractivity contribution in [2.75, 3.05) is 26.1 Å². The number of hydrogen-bond donors (Lipinski definition) is 1. The van der Waals surface area contributed by atoms with Gasteiger partial charge in [0, 0.05) is 31.5 Å². The first-order valence-corrected chi connectivity index (χ1v) is 12.0. The Labute approximate surface area is 222 Å². The van der Waals surface area contributed by atoms with Gasteiger partial charge < -0.3 is 18.9 Å². The van der Waals surface area contributed by atoms with Crippen molar-refractivity contribution < 1.29 is 37.2 Å². The number of esters is 1. The highest BCUT2D eigenvalue weighted by Crippen LogP contribution is 2.23. The van der Waals surface area contributed by atoms with E-state index in [2.05, 4.69) is 15.2 Å². The molecule has 38 heavy (non-hydrogen) atoms. The van der Waals surface area contributed by atoms with Crippen molar-refractivity contribution in [2.24, 2.45) is 0 Å². The summed E-state index contributed by atoms with van der Waals surface area (Å²) in [6.07, 6.45) is -0.527. The highest BCUT2D eigenvalue weighted by atomic mass is 35.5. The van der Waals surface area contributed by atoms with E-state index in [1.54, 1.807) is 12.1 Å². The molecular weight excluding hydrogens is 524 g/mol. The Balaban J connectivity index is 1.58. The molecule has 3 rings (SSSR count). The van der Waals surface area contributed by atoms with Gasteiger partial charge in [0.2, 0.25) is 11.8 Å². The van der Waals surface area contributed by atoms with Crippen molar-refractivity contribution in [1.82, 2.24) is 10.1 Å². The number of hydrogen-bond acceptors (Lipinski definition) is 7. The topological polar surface area (TPSA) is 111 Å². The molecule has 1 atom stereocenters. The number of anilines is 1. The zero-order valence-corrected chi connectivity index (χ0v) is 21.5. The third-order valence-corrected chi connectivity index (χ3v) is 6.18. The number of methoxy groups -OCH3 is 1. The molecule has 0 aliphatic rings. The van der Waals surface area contributed by atoms with E-state index in [9.17, 15) is 23.2 Å². The van der Waals surface area contributed by atoms with Crippen LogP contribution in [0.15, 0.2) is 53.1 Å². The van der Waals surface area contributed by atoms with Crippen LogP contribution in [0.4, 0.5) is 19.5 Å². The molecule has 0 aliphatic carbocycles. The molecular formula is C26H26ClF2N3O6. The molecule has 0 saturated heterocycles. The van der Waals surface area contributed by atoms with Crippen molar-refractivity contribution in [2.45, 2.75) is 31.7 Å². The number of aryl methyl sites for hydroxylation is 1. The van der Waals surface area contributed by atoms with E-state index in [0.29, 0.717) is 16.8 Å². The molecule has 2 amide bonds. The van der Waals surface area contributed by atoms with Crippen LogP contribution < -0.4 is 5.32 Å². The van der Waals surface area contributed by atoms with E-state index in [1.165, 1.54) is 55.5 Å². The molecule has 0 radical (unpaired) electrons. The Morgan fingerprint density at radius 2 is 1.89 bits per heavy atom. The lowest BCUT2D eigenvalue weighted by Crippen LogP contribution is -2.41. The number of carbonyl (C=O) groups excluding carboxylic acids is 3. The average molecular weight is 550 g/mol. The van der Waals surface area contributed by atoms with Gasteiger partial charge in [-0.1, -0.05) is 41.0 Å². The molecule has 3 aromatic rings. The second-order valence-electron chi connectivity index (χ2n) is 8.30. The Kier molecular flexibility index (Phi) is 10.2. The number of likely N-dealkylation sites (N-methyl/N-ethyl adjacent to an activating group) is 1. The van der Waals surface area contributed by atoms with Gasteiger partial charge in [-0.15, -0.1) is 0 Å². The predicted octanol–water partition coefficient (Wildman–Crippen LogP) is 5.23. The predicted molar refractivity (Wildman–Crippen MR) is 134 cm³/mol. The highest BCUT2D eigenvalue weighted by Gasteiger charge is 2.23. The van der Waals surface area contributed by atoms with Crippen LogP contribution in [0.1, 0.15) is 24.8 Å². The molecule has 0 unspecified atom stereocenters. The van der Waals surface area contributed by atoms with Crippen LogP contribution in [0.2, 0.25) is 5.02 Å². The molecule has 202 valence electrons. The summed E-state index contributed by atoms with van der Waals surface area (Å²) in [6, 6.07) is 10.8. The number of nitrogens with zero attached hydrogens (tertiary/aromatic N) is 2. The fourth-order valence-corrected chi connectivity index (χ4v) is 3.79. The van der Waals surface area contributed by atoms with E-state index in [-0.39, 0.29) is 49.1 Å². The van der Waals surface area contributed by atoms with Gasteiger partial charge in [0.25, 0.3) is 0 Å². The van der Waals surface area contributed by atoms with Gasteiger partial charge in [-0.2, -0.15) is 0 Å². The summed E-state index contributed by atoms with van der Waals surface area (Å²) in [5.41, 5.74) is 1.25. The van der Waals surface area contributed by atoms with Gasteiger partial charge in [0.05, 0.1) is 18.2 Å². The Hall–Kier alpha value is -3.99. The lowest BCUT2D eigenvalue weighted by molar-refractivity contribution is -0.142. The molecule has 0 bridgehead atoms. The molecule has 12 heteroatoms. The van der Waals surface area contributed by atoms with E-state index in [1.807, 2.05) is 0 Å². The van der Waals surface area contributed by atoms with Gasteiger partial charge in [-0.3, -0.25) is 14.9 Å². The largest absolute Gasteiger partial charge is 0.469 e. The van der Waals surface area contributed by atoms with Gasteiger partial charge in [-0.25, -0.2) is 13.6 Å². The Bertz CT molecular complexity index is 1290. The van der Waals surface area contributed by atoms with Crippen LogP contribution in [-0.2, 0) is 25.5 Å². The van der Waals surface area contributed by atoms with Crippen molar-refractivity contribution in [3.8, 4) is 11.3 Å². The average Bonchev–Trinajstić information content (AvgIpc) is 3.37. The maximum absolute atomic E-state index is 13.7. The van der Waals surface area contributed by atoms with Gasteiger partial charge in [0.1, 0.15) is 23.9 Å². The van der Waals surface area contributed by atoms with Crippen LogP contribution in [0, 0.1) is 11.6 Å². The summed E-state index contributed by atoms with van der Waals surface area (Å²) in [5, 5.41) is 6.13. The third-order valence-electron chi connectivity index (χ3n) is 5.75. The van der Waals surface area contributed by atoms with Crippen molar-refractivity contribution in [3.05, 3.63) is 70.8 Å². The van der Waals surface area contributed by atoms with Crippen LogP contribution in [0.5, 0.6) is 0 Å². The second kappa shape index (κ2) is 13.5. The molecule has 0 spiro atoms. The molecule has 9 nitrogen and oxygen atoms in total. The molecule has 0 fully saturated rings. The molecule has 1 N–H and O–H groups in total. The first-order chi connectivity index (χ1) is 18.2. The highest BCUT2D eigenvalue weighted by molar-refractivity contribution is 6.31. The van der Waals surface area contributed by atoms with Crippen LogP contribution in [0.25, 0.3) is 11.3 Å². The van der Waals surface area contributed by atoms with Gasteiger partial charge in [-0.05, 0) is 36.6 Å². The fourth-order valence-electron chi connectivity index (χ4n) is 3.56. The number of ether oxygens (including phenoxy) is 2. The summed E-state index contributed by atoms with van der Waals surface area (Å²) < 4.78 is 42.1. The SMILES string of the molecule is COC(=O)CC[C@@H](COC(=O)Nc1cc(-c2cccc(F)c2)no1)N(C)C(=O)CCc1cccc(F)c1Cl. The number of amides is 2. The maximum Gasteiger partial charge on any atom is 0.414 e. The van der Waals surface area contributed by atoms with Gasteiger partial charge in [0.15, 0.2) is 0 Å². The van der Waals surface area contributed by atoms with E-state index in [0.717, 1.165) is 0 Å². The maximum atomic E-state index is 13.7. The minimum Gasteiger partial charge on any atom is -0.469 e. The summed E-state index contributed by atoms with van der Waals surface area (Å²) in [5.74, 6) is -1.86. The number of aromatic nitrogens is 1. The second-order valence-corrected chi connectivity index (χ2v) is 8.67. The summed E-state index contributed by atoms with van der Waals surface area (Å²) in [4.78, 5) is 38.2. The minimum absolute atomic E-state index is 0.0153. The van der Waals surface area contributed by atoms with E-state index < -0.39 is 29.7 Å². The molecule has 0 saturated carbocycles. The fraction of sp³-hybridized carbons (Fsp3) is 0.308. The number of nitrogens with one attached hydrogen (secondary N) is 1. The number of halogens is 3. The Morgan fingerprint density at radius 3 is 2.63 bits per heavy atom. The third kappa shape index (κ3) is 8.01. The number of rotatable bonds is 11. The first-order valence-electron chi connectivity index (χ1n) is 11.6. The lowest BCUT2D eigenvalue weighted by atomic mass is 10.1.